The Morgan fingerprint density at radius 2 is 1.84 bits per heavy atom. The number of rotatable bonds is 4. The zero-order chi connectivity index (χ0) is 13.8. The average Bonchev–Trinajstić information content (AvgIpc) is 2.39. The van der Waals surface area contributed by atoms with Crippen LogP contribution in [-0.2, 0) is 4.74 Å². The Labute approximate surface area is 117 Å². The molecule has 0 saturated carbocycles. The molecular weight excluding hydrogens is 234 g/mol. The lowest BCUT2D eigenvalue weighted by atomic mass is 9.90. The summed E-state index contributed by atoms with van der Waals surface area (Å²) in [5, 5.41) is 3.81. The van der Waals surface area contributed by atoms with Gasteiger partial charge in [-0.3, -0.25) is 0 Å². The van der Waals surface area contributed by atoms with Crippen LogP contribution in [0, 0.1) is 11.8 Å². The minimum absolute atomic E-state index is 0.185. The largest absolute Gasteiger partial charge is 0.370 e. The van der Waals surface area contributed by atoms with E-state index in [-0.39, 0.29) is 6.10 Å². The van der Waals surface area contributed by atoms with Crippen LogP contribution in [0.4, 0.5) is 0 Å². The van der Waals surface area contributed by atoms with E-state index in [4.69, 9.17) is 4.74 Å². The Morgan fingerprint density at radius 3 is 2.42 bits per heavy atom. The van der Waals surface area contributed by atoms with Gasteiger partial charge in [-0.2, -0.15) is 0 Å². The van der Waals surface area contributed by atoms with Crippen LogP contribution in [0.1, 0.15) is 45.8 Å². The number of nitrogens with one attached hydrogen (secondary N) is 1. The van der Waals surface area contributed by atoms with Crippen molar-refractivity contribution in [2.24, 2.45) is 11.8 Å². The molecule has 2 heteroatoms. The maximum atomic E-state index is 6.19. The van der Waals surface area contributed by atoms with Crippen LogP contribution in [0.15, 0.2) is 30.3 Å². The first-order valence-corrected chi connectivity index (χ1v) is 7.50. The van der Waals surface area contributed by atoms with Crippen molar-refractivity contribution in [1.82, 2.24) is 5.32 Å². The lowest BCUT2D eigenvalue weighted by molar-refractivity contribution is -0.0452. The summed E-state index contributed by atoms with van der Waals surface area (Å²) in [6.07, 6.45) is 1.37. The second kappa shape index (κ2) is 6.53. The van der Waals surface area contributed by atoms with E-state index >= 15 is 0 Å². The molecule has 1 aliphatic rings. The van der Waals surface area contributed by atoms with Crippen LogP contribution in [0.2, 0.25) is 0 Å². The van der Waals surface area contributed by atoms with Crippen molar-refractivity contribution < 1.29 is 4.74 Å². The van der Waals surface area contributed by atoms with Crippen molar-refractivity contribution in [3.05, 3.63) is 35.9 Å². The predicted molar refractivity (Wildman–Crippen MR) is 80.1 cm³/mol. The Bertz CT molecular complexity index is 374. The topological polar surface area (TPSA) is 21.3 Å². The van der Waals surface area contributed by atoms with Gasteiger partial charge in [-0.15, -0.1) is 0 Å². The Kier molecular flexibility index (Phi) is 5.00. The molecule has 3 atom stereocenters. The normalized spacial score (nSPS) is 28.0. The summed E-state index contributed by atoms with van der Waals surface area (Å²) in [6, 6.07) is 11.5. The van der Waals surface area contributed by atoms with Crippen LogP contribution >= 0.6 is 0 Å². The highest BCUT2D eigenvalue weighted by Crippen LogP contribution is 2.30. The first kappa shape index (κ1) is 14.5. The van der Waals surface area contributed by atoms with Crippen molar-refractivity contribution in [2.45, 2.75) is 52.3 Å². The summed E-state index contributed by atoms with van der Waals surface area (Å²) in [4.78, 5) is 0. The summed E-state index contributed by atoms with van der Waals surface area (Å²) in [6.45, 7) is 9.91. The molecule has 106 valence electrons. The second-order valence-corrected chi connectivity index (χ2v) is 6.43. The minimum Gasteiger partial charge on any atom is -0.370 e. The van der Waals surface area contributed by atoms with Gasteiger partial charge in [0.1, 0.15) is 0 Å². The second-order valence-electron chi connectivity index (χ2n) is 6.43. The van der Waals surface area contributed by atoms with Gasteiger partial charge in [-0.05, 0) is 23.8 Å². The maximum Gasteiger partial charge on any atom is 0.0981 e. The van der Waals surface area contributed by atoms with Crippen molar-refractivity contribution in [1.29, 1.82) is 0 Å². The first-order chi connectivity index (χ1) is 9.08. The number of ether oxygens (including phenoxy) is 1. The Morgan fingerprint density at radius 1 is 1.16 bits per heavy atom. The highest BCUT2D eigenvalue weighted by atomic mass is 16.5. The van der Waals surface area contributed by atoms with Gasteiger partial charge in [0.15, 0.2) is 0 Å². The van der Waals surface area contributed by atoms with Gasteiger partial charge in [0.2, 0.25) is 0 Å². The van der Waals surface area contributed by atoms with E-state index in [9.17, 15) is 0 Å². The van der Waals surface area contributed by atoms with Crippen LogP contribution in [-0.4, -0.2) is 18.7 Å². The van der Waals surface area contributed by atoms with E-state index in [0.29, 0.717) is 23.9 Å². The maximum absolute atomic E-state index is 6.19. The molecule has 1 fully saturated rings. The monoisotopic (exact) mass is 261 g/mol. The molecular formula is C17H27NO. The van der Waals surface area contributed by atoms with Gasteiger partial charge in [0, 0.05) is 12.1 Å². The molecule has 2 rings (SSSR count). The summed E-state index contributed by atoms with van der Waals surface area (Å²) < 4.78 is 6.19. The van der Waals surface area contributed by atoms with Gasteiger partial charge < -0.3 is 10.1 Å². The standard InChI is InChI=1S/C17H27NO/c1-12(2)10-15-11-19-17(16(18-15)13(3)4)14-8-6-5-7-9-14/h5-9,12-13,15-18H,10-11H2,1-4H3. The number of morpholine rings is 1. The van der Waals surface area contributed by atoms with E-state index in [1.807, 2.05) is 0 Å². The minimum atomic E-state index is 0.185. The summed E-state index contributed by atoms with van der Waals surface area (Å²) in [5.41, 5.74) is 1.29. The zero-order valence-electron chi connectivity index (χ0n) is 12.6. The molecule has 0 aliphatic carbocycles. The van der Waals surface area contributed by atoms with E-state index in [2.05, 4.69) is 63.3 Å². The lowest BCUT2D eigenvalue weighted by Crippen LogP contribution is -2.53. The predicted octanol–water partition coefficient (Wildman–Crippen LogP) is 3.79. The summed E-state index contributed by atoms with van der Waals surface area (Å²) >= 11 is 0. The van der Waals surface area contributed by atoms with Gasteiger partial charge in [0.25, 0.3) is 0 Å². The summed E-state index contributed by atoms with van der Waals surface area (Å²) in [5.74, 6) is 1.28. The lowest BCUT2D eigenvalue weighted by Gasteiger charge is -2.40. The van der Waals surface area contributed by atoms with Crippen LogP contribution in [0.3, 0.4) is 0 Å². The third-order valence-corrected chi connectivity index (χ3v) is 3.83. The molecule has 1 aromatic rings. The fourth-order valence-electron chi connectivity index (χ4n) is 2.92. The van der Waals surface area contributed by atoms with E-state index < -0.39 is 0 Å². The van der Waals surface area contributed by atoms with Crippen LogP contribution < -0.4 is 5.32 Å². The Balaban J connectivity index is 2.09. The van der Waals surface area contributed by atoms with Crippen molar-refractivity contribution in [2.75, 3.05) is 6.61 Å². The molecule has 3 unspecified atom stereocenters. The van der Waals surface area contributed by atoms with Gasteiger partial charge in [0.05, 0.1) is 12.7 Å². The molecule has 1 aromatic carbocycles. The van der Waals surface area contributed by atoms with E-state index in [0.717, 1.165) is 6.61 Å². The number of hydrogen-bond donors (Lipinski definition) is 1. The van der Waals surface area contributed by atoms with Gasteiger partial charge >= 0.3 is 0 Å². The average molecular weight is 261 g/mol. The molecule has 0 radical (unpaired) electrons. The number of hydrogen-bond acceptors (Lipinski definition) is 2. The van der Waals surface area contributed by atoms with Crippen LogP contribution in [0.5, 0.6) is 0 Å². The summed E-state index contributed by atoms with van der Waals surface area (Å²) in [7, 11) is 0. The quantitative estimate of drug-likeness (QED) is 0.890. The first-order valence-electron chi connectivity index (χ1n) is 7.50. The fourth-order valence-corrected chi connectivity index (χ4v) is 2.92. The fraction of sp³-hybridized carbons (Fsp3) is 0.647. The van der Waals surface area contributed by atoms with Crippen molar-refractivity contribution in [3.8, 4) is 0 Å². The van der Waals surface area contributed by atoms with Crippen molar-refractivity contribution >= 4 is 0 Å². The molecule has 0 bridgehead atoms. The third-order valence-electron chi connectivity index (χ3n) is 3.83. The van der Waals surface area contributed by atoms with Gasteiger partial charge in [-0.1, -0.05) is 58.0 Å². The molecule has 1 N–H and O–H groups in total. The van der Waals surface area contributed by atoms with E-state index in [1.54, 1.807) is 0 Å². The number of benzene rings is 1. The molecule has 0 amide bonds. The van der Waals surface area contributed by atoms with Crippen LogP contribution in [0.25, 0.3) is 0 Å². The molecule has 1 heterocycles. The molecule has 1 aliphatic heterocycles. The molecule has 0 spiro atoms. The zero-order valence-corrected chi connectivity index (χ0v) is 12.6. The highest BCUT2D eigenvalue weighted by Gasteiger charge is 2.33. The smallest absolute Gasteiger partial charge is 0.0981 e. The highest BCUT2D eigenvalue weighted by molar-refractivity contribution is 5.20. The van der Waals surface area contributed by atoms with E-state index in [1.165, 1.54) is 12.0 Å². The molecule has 0 aromatic heterocycles. The third kappa shape index (κ3) is 3.80. The molecule has 2 nitrogen and oxygen atoms in total. The molecule has 19 heavy (non-hydrogen) atoms. The molecule has 1 saturated heterocycles. The SMILES string of the molecule is CC(C)CC1COC(c2ccccc2)C(C(C)C)N1. The Hall–Kier alpha value is -0.860. The van der Waals surface area contributed by atoms with Crippen molar-refractivity contribution in [3.63, 3.8) is 0 Å². The van der Waals surface area contributed by atoms with Gasteiger partial charge in [-0.25, -0.2) is 0 Å².